The van der Waals surface area contributed by atoms with Gasteiger partial charge in [-0.25, -0.2) is 13.2 Å². The first-order valence-electron chi connectivity index (χ1n) is 9.65. The Morgan fingerprint density at radius 1 is 0.943 bits per heavy atom. The molecule has 0 unspecified atom stereocenters. The molecule has 0 spiro atoms. The van der Waals surface area contributed by atoms with Crippen LogP contribution in [0.3, 0.4) is 0 Å². The van der Waals surface area contributed by atoms with Gasteiger partial charge in [0, 0.05) is 12.3 Å². The second-order valence-corrected chi connectivity index (χ2v) is 7.87. The molecular formula is C22H12Cl2F5N3O3. The van der Waals surface area contributed by atoms with Crippen LogP contribution in [-0.2, 0) is 13.2 Å². The van der Waals surface area contributed by atoms with Gasteiger partial charge in [-0.15, -0.1) is 0 Å². The van der Waals surface area contributed by atoms with E-state index in [9.17, 15) is 26.7 Å². The van der Waals surface area contributed by atoms with Crippen LogP contribution in [0.5, 0.6) is 5.75 Å². The Balaban J connectivity index is 1.38. The lowest BCUT2D eigenvalue weighted by atomic mass is 10.2. The highest BCUT2D eigenvalue weighted by Gasteiger charge is 2.27. The van der Waals surface area contributed by atoms with Gasteiger partial charge in [-0.1, -0.05) is 29.3 Å². The number of halogens is 7. The lowest BCUT2D eigenvalue weighted by Gasteiger charge is -2.09. The van der Waals surface area contributed by atoms with Crippen molar-refractivity contribution in [2.45, 2.75) is 13.2 Å². The molecule has 6 nitrogen and oxygen atoms in total. The van der Waals surface area contributed by atoms with Gasteiger partial charge < -0.3 is 14.5 Å². The fraction of sp³-hybridized carbons (Fsp3) is 0.0909. The summed E-state index contributed by atoms with van der Waals surface area (Å²) in [6.07, 6.45) is 1.61. The van der Waals surface area contributed by atoms with Gasteiger partial charge in [-0.3, -0.25) is 9.48 Å². The summed E-state index contributed by atoms with van der Waals surface area (Å²) in [6, 6.07) is 9.11. The first-order valence-corrected chi connectivity index (χ1v) is 10.4. The molecule has 0 aliphatic heterocycles. The zero-order valence-corrected chi connectivity index (χ0v) is 18.7. The van der Waals surface area contributed by atoms with Gasteiger partial charge in [0.15, 0.2) is 17.3 Å². The molecule has 35 heavy (non-hydrogen) atoms. The zero-order chi connectivity index (χ0) is 25.3. The number of amides is 1. The number of anilines is 1. The lowest BCUT2D eigenvalue weighted by molar-refractivity contribution is 0.0991. The smallest absolute Gasteiger partial charge is 0.292 e. The molecule has 0 atom stereocenters. The van der Waals surface area contributed by atoms with Gasteiger partial charge >= 0.3 is 0 Å². The van der Waals surface area contributed by atoms with Crippen LogP contribution in [0.25, 0.3) is 0 Å². The number of aromatic nitrogens is 2. The van der Waals surface area contributed by atoms with E-state index >= 15 is 0 Å². The Hall–Kier alpha value is -3.57. The van der Waals surface area contributed by atoms with E-state index in [1.165, 1.54) is 18.2 Å². The average molecular weight is 532 g/mol. The zero-order valence-electron chi connectivity index (χ0n) is 17.2. The molecule has 1 amide bonds. The summed E-state index contributed by atoms with van der Waals surface area (Å²) in [5.41, 5.74) is 0.824. The highest BCUT2D eigenvalue weighted by molar-refractivity contribution is 6.42. The monoisotopic (exact) mass is 531 g/mol. The number of carbonyl (C=O) groups is 1. The van der Waals surface area contributed by atoms with E-state index in [0.717, 1.165) is 5.56 Å². The van der Waals surface area contributed by atoms with Crippen LogP contribution in [0.4, 0.5) is 27.8 Å². The SMILES string of the molecule is O=C(Nc1ccn(Cc2ccc(Cl)c(Cl)c2)n1)c1ccc(COc2c(F)c(F)c(F)c(F)c2F)o1. The van der Waals surface area contributed by atoms with Crippen LogP contribution < -0.4 is 10.1 Å². The minimum Gasteiger partial charge on any atom is -0.479 e. The molecule has 2 heterocycles. The molecule has 0 radical (unpaired) electrons. The number of hydrogen-bond acceptors (Lipinski definition) is 4. The molecule has 0 aliphatic rings. The van der Waals surface area contributed by atoms with Crippen LogP contribution in [0.2, 0.25) is 10.0 Å². The third-order valence-electron chi connectivity index (χ3n) is 4.62. The van der Waals surface area contributed by atoms with Crippen LogP contribution >= 0.6 is 23.2 Å². The summed E-state index contributed by atoms with van der Waals surface area (Å²) < 4.78 is 78.5. The first kappa shape index (κ1) is 24.6. The Morgan fingerprint density at radius 3 is 2.31 bits per heavy atom. The number of nitrogens with zero attached hydrogens (tertiary/aromatic N) is 2. The highest BCUT2D eigenvalue weighted by atomic mass is 35.5. The summed E-state index contributed by atoms with van der Waals surface area (Å²) in [4.78, 5) is 12.4. The predicted octanol–water partition coefficient (Wildman–Crippen LogP) is 6.36. The molecule has 0 aliphatic carbocycles. The lowest BCUT2D eigenvalue weighted by Crippen LogP contribution is -2.12. The Morgan fingerprint density at radius 2 is 1.63 bits per heavy atom. The van der Waals surface area contributed by atoms with Crippen molar-refractivity contribution in [1.29, 1.82) is 0 Å². The summed E-state index contributed by atoms with van der Waals surface area (Å²) in [7, 11) is 0. The van der Waals surface area contributed by atoms with Crippen molar-refractivity contribution in [1.82, 2.24) is 9.78 Å². The maximum Gasteiger partial charge on any atom is 0.292 e. The number of furan rings is 1. The Labute approximate surface area is 203 Å². The molecule has 2 aromatic heterocycles. The van der Waals surface area contributed by atoms with Gasteiger partial charge in [0.25, 0.3) is 5.91 Å². The molecule has 182 valence electrons. The van der Waals surface area contributed by atoms with Crippen molar-refractivity contribution >= 4 is 34.9 Å². The third-order valence-corrected chi connectivity index (χ3v) is 5.36. The van der Waals surface area contributed by atoms with E-state index in [2.05, 4.69) is 10.4 Å². The van der Waals surface area contributed by atoms with E-state index in [1.807, 2.05) is 0 Å². The quantitative estimate of drug-likeness (QED) is 0.171. The summed E-state index contributed by atoms with van der Waals surface area (Å²) in [5.74, 6) is -13.1. The van der Waals surface area contributed by atoms with Crippen molar-refractivity contribution < 1.29 is 35.9 Å². The van der Waals surface area contributed by atoms with E-state index in [1.54, 1.807) is 29.1 Å². The molecule has 2 aromatic carbocycles. The Kier molecular flexibility index (Phi) is 6.99. The fourth-order valence-electron chi connectivity index (χ4n) is 2.95. The number of ether oxygens (including phenoxy) is 1. The molecule has 13 heteroatoms. The molecule has 0 bridgehead atoms. The standard InChI is InChI=1S/C22H12Cl2F5N3O3/c23-12-3-1-10(7-13(12)24)8-32-6-5-15(31-32)30-22(33)14-4-2-11(35-14)9-34-21-19(28)17(26)16(25)18(27)20(21)29/h1-7H,8-9H2,(H,30,31,33). The molecule has 4 rings (SSSR count). The van der Waals surface area contributed by atoms with Crippen molar-refractivity contribution in [3.63, 3.8) is 0 Å². The number of carbonyl (C=O) groups excluding carboxylic acids is 1. The third kappa shape index (κ3) is 5.25. The number of nitrogens with one attached hydrogen (secondary N) is 1. The van der Waals surface area contributed by atoms with Crippen molar-refractivity contribution in [3.05, 3.63) is 98.8 Å². The molecule has 0 saturated heterocycles. The van der Waals surface area contributed by atoms with Crippen molar-refractivity contribution in [3.8, 4) is 5.75 Å². The second kappa shape index (κ2) is 9.96. The van der Waals surface area contributed by atoms with Crippen LogP contribution in [0.15, 0.2) is 47.0 Å². The summed E-state index contributed by atoms with van der Waals surface area (Å²) in [6.45, 7) is -0.351. The van der Waals surface area contributed by atoms with Gasteiger partial charge in [-0.05, 0) is 29.8 Å². The predicted molar refractivity (Wildman–Crippen MR) is 115 cm³/mol. The minimum absolute atomic E-state index is 0.107. The molecule has 1 N–H and O–H groups in total. The largest absolute Gasteiger partial charge is 0.479 e. The van der Waals surface area contributed by atoms with E-state index in [-0.39, 0.29) is 17.3 Å². The van der Waals surface area contributed by atoms with Crippen molar-refractivity contribution in [2.75, 3.05) is 5.32 Å². The molecule has 0 saturated carbocycles. The highest BCUT2D eigenvalue weighted by Crippen LogP contribution is 2.30. The van der Waals surface area contributed by atoms with Crippen molar-refractivity contribution in [2.24, 2.45) is 0 Å². The maximum absolute atomic E-state index is 13.7. The van der Waals surface area contributed by atoms with Crippen LogP contribution in [0, 0.1) is 29.1 Å². The first-order chi connectivity index (χ1) is 16.6. The Bertz CT molecular complexity index is 1390. The van der Waals surface area contributed by atoms with Crippen LogP contribution in [-0.4, -0.2) is 15.7 Å². The summed E-state index contributed by atoms with van der Waals surface area (Å²) >= 11 is 11.9. The normalized spacial score (nSPS) is 11.1. The number of rotatable bonds is 7. The van der Waals surface area contributed by atoms with Gasteiger partial charge in [0.2, 0.25) is 29.1 Å². The van der Waals surface area contributed by atoms with E-state index in [4.69, 9.17) is 32.4 Å². The van der Waals surface area contributed by atoms with Gasteiger partial charge in [0.05, 0.1) is 16.6 Å². The summed E-state index contributed by atoms with van der Waals surface area (Å²) in [5, 5.41) is 7.51. The second-order valence-electron chi connectivity index (χ2n) is 7.05. The number of hydrogen-bond donors (Lipinski definition) is 1. The number of benzene rings is 2. The maximum atomic E-state index is 13.7. The minimum atomic E-state index is -2.30. The molecule has 0 fully saturated rings. The topological polar surface area (TPSA) is 69.3 Å². The average Bonchev–Trinajstić information content (AvgIpc) is 3.48. The van der Waals surface area contributed by atoms with Gasteiger partial charge in [0.1, 0.15) is 12.4 Å². The molecule has 4 aromatic rings. The van der Waals surface area contributed by atoms with Crippen LogP contribution in [0.1, 0.15) is 21.9 Å². The van der Waals surface area contributed by atoms with E-state index in [0.29, 0.717) is 16.6 Å². The van der Waals surface area contributed by atoms with Gasteiger partial charge in [-0.2, -0.15) is 13.9 Å². The molecular weight excluding hydrogens is 520 g/mol. The van der Waals surface area contributed by atoms with E-state index < -0.39 is 47.3 Å². The fourth-order valence-corrected chi connectivity index (χ4v) is 3.27.